The average molecular weight is 306 g/mol. The fourth-order valence-corrected chi connectivity index (χ4v) is 3.25. The van der Waals surface area contributed by atoms with E-state index in [0.717, 1.165) is 46.6 Å². The Balaban J connectivity index is 1.56. The minimum absolute atomic E-state index is 0.152. The fourth-order valence-electron chi connectivity index (χ4n) is 3.25. The second kappa shape index (κ2) is 5.50. The molecule has 0 spiro atoms. The van der Waals surface area contributed by atoms with Gasteiger partial charge < -0.3 is 9.88 Å². The van der Waals surface area contributed by atoms with E-state index in [1.54, 1.807) is 6.20 Å². The van der Waals surface area contributed by atoms with Crippen LogP contribution in [0.1, 0.15) is 22.8 Å². The quantitative estimate of drug-likeness (QED) is 0.791. The molecule has 5 nitrogen and oxygen atoms in total. The summed E-state index contributed by atoms with van der Waals surface area (Å²) >= 11 is 0. The normalized spacial score (nSPS) is 14.0. The first-order valence-electron chi connectivity index (χ1n) is 7.85. The molecule has 1 amide bonds. The van der Waals surface area contributed by atoms with Gasteiger partial charge in [-0.25, -0.2) is 4.98 Å². The molecule has 0 atom stereocenters. The third kappa shape index (κ3) is 2.59. The number of nitrogens with one attached hydrogen (secondary N) is 1. The molecular formula is C18H18N4O. The standard InChI is InChI=1S/C18H18N4O/c1-12-20-16-7-9-22(11-17(16)21-12)18(23)10-13-4-2-6-15-14(13)5-3-8-19-15/h2-6,8H,7,9-11H2,1H3,(H,20,21). The van der Waals surface area contributed by atoms with Gasteiger partial charge in [-0.05, 0) is 24.6 Å². The summed E-state index contributed by atoms with van der Waals surface area (Å²) in [6.45, 7) is 3.31. The van der Waals surface area contributed by atoms with Crippen molar-refractivity contribution in [3.8, 4) is 0 Å². The van der Waals surface area contributed by atoms with Crippen LogP contribution in [0.3, 0.4) is 0 Å². The molecule has 116 valence electrons. The Labute approximate surface area is 134 Å². The number of H-pyrrole nitrogens is 1. The maximum atomic E-state index is 12.7. The van der Waals surface area contributed by atoms with E-state index in [-0.39, 0.29) is 5.91 Å². The highest BCUT2D eigenvalue weighted by atomic mass is 16.2. The molecule has 1 aromatic carbocycles. The summed E-state index contributed by atoms with van der Waals surface area (Å²) in [5, 5.41) is 1.05. The van der Waals surface area contributed by atoms with Crippen LogP contribution in [0.4, 0.5) is 0 Å². The van der Waals surface area contributed by atoms with Crippen LogP contribution in [0.5, 0.6) is 0 Å². The smallest absolute Gasteiger partial charge is 0.227 e. The molecule has 0 bridgehead atoms. The van der Waals surface area contributed by atoms with Crippen molar-refractivity contribution in [1.82, 2.24) is 19.9 Å². The molecule has 0 saturated carbocycles. The van der Waals surface area contributed by atoms with E-state index < -0.39 is 0 Å². The number of hydrogen-bond acceptors (Lipinski definition) is 3. The number of pyridine rings is 1. The number of aromatic amines is 1. The van der Waals surface area contributed by atoms with Crippen molar-refractivity contribution in [3.63, 3.8) is 0 Å². The molecule has 2 aromatic heterocycles. The number of imidazole rings is 1. The lowest BCUT2D eigenvalue weighted by molar-refractivity contribution is -0.131. The first-order valence-corrected chi connectivity index (χ1v) is 7.85. The van der Waals surface area contributed by atoms with Gasteiger partial charge in [0.05, 0.1) is 29.9 Å². The van der Waals surface area contributed by atoms with Crippen LogP contribution in [0.25, 0.3) is 10.9 Å². The third-order valence-corrected chi connectivity index (χ3v) is 4.38. The molecule has 1 aliphatic rings. The van der Waals surface area contributed by atoms with E-state index in [9.17, 15) is 4.79 Å². The Kier molecular flexibility index (Phi) is 3.33. The van der Waals surface area contributed by atoms with E-state index in [2.05, 4.69) is 15.0 Å². The highest BCUT2D eigenvalue weighted by Gasteiger charge is 2.23. The van der Waals surface area contributed by atoms with E-state index in [1.165, 1.54) is 0 Å². The van der Waals surface area contributed by atoms with Gasteiger partial charge in [0, 0.05) is 24.5 Å². The number of nitrogens with zero attached hydrogens (tertiary/aromatic N) is 3. The van der Waals surface area contributed by atoms with Crippen LogP contribution in [0, 0.1) is 6.92 Å². The summed E-state index contributed by atoms with van der Waals surface area (Å²) in [5.41, 5.74) is 4.14. The van der Waals surface area contributed by atoms with Crippen LogP contribution < -0.4 is 0 Å². The van der Waals surface area contributed by atoms with Crippen molar-refractivity contribution in [3.05, 3.63) is 59.3 Å². The lowest BCUT2D eigenvalue weighted by Crippen LogP contribution is -2.37. The third-order valence-electron chi connectivity index (χ3n) is 4.38. The first-order chi connectivity index (χ1) is 11.2. The molecule has 1 aliphatic heterocycles. The topological polar surface area (TPSA) is 61.9 Å². The predicted octanol–water partition coefficient (Wildman–Crippen LogP) is 2.39. The van der Waals surface area contributed by atoms with E-state index in [4.69, 9.17) is 0 Å². The highest BCUT2D eigenvalue weighted by molar-refractivity contribution is 5.88. The van der Waals surface area contributed by atoms with Gasteiger partial charge >= 0.3 is 0 Å². The van der Waals surface area contributed by atoms with Gasteiger partial charge in [0.15, 0.2) is 0 Å². The summed E-state index contributed by atoms with van der Waals surface area (Å²) in [5.74, 6) is 1.07. The summed E-state index contributed by atoms with van der Waals surface area (Å²) in [7, 11) is 0. The molecule has 23 heavy (non-hydrogen) atoms. The minimum atomic E-state index is 0.152. The number of aryl methyl sites for hydroxylation is 1. The summed E-state index contributed by atoms with van der Waals surface area (Å²) in [6, 6.07) is 9.89. The Morgan fingerprint density at radius 3 is 3.13 bits per heavy atom. The van der Waals surface area contributed by atoms with Gasteiger partial charge in [-0.15, -0.1) is 0 Å². The SMILES string of the molecule is Cc1nc2c([nH]1)CN(C(=O)Cc1cccc3ncccc13)CC2. The largest absolute Gasteiger partial charge is 0.344 e. The Morgan fingerprint density at radius 2 is 2.22 bits per heavy atom. The number of aromatic nitrogens is 3. The fraction of sp³-hybridized carbons (Fsp3) is 0.278. The zero-order chi connectivity index (χ0) is 15.8. The van der Waals surface area contributed by atoms with E-state index >= 15 is 0 Å². The maximum Gasteiger partial charge on any atom is 0.227 e. The van der Waals surface area contributed by atoms with Crippen molar-refractivity contribution in [2.75, 3.05) is 6.54 Å². The molecule has 0 saturated heterocycles. The average Bonchev–Trinajstić information content (AvgIpc) is 2.94. The number of hydrogen-bond donors (Lipinski definition) is 1. The number of amides is 1. The number of fused-ring (bicyclic) bond motifs is 2. The lowest BCUT2D eigenvalue weighted by Gasteiger charge is -2.26. The van der Waals surface area contributed by atoms with Crippen molar-refractivity contribution < 1.29 is 4.79 Å². The molecular weight excluding hydrogens is 288 g/mol. The number of carbonyl (C=O) groups excluding carboxylic acids is 1. The summed E-state index contributed by atoms with van der Waals surface area (Å²) in [6.07, 6.45) is 3.01. The van der Waals surface area contributed by atoms with Crippen molar-refractivity contribution in [2.45, 2.75) is 26.3 Å². The maximum absolute atomic E-state index is 12.7. The second-order valence-corrected chi connectivity index (χ2v) is 5.98. The van der Waals surface area contributed by atoms with E-state index in [0.29, 0.717) is 13.0 Å². The van der Waals surface area contributed by atoms with Crippen LogP contribution in [-0.2, 0) is 24.2 Å². The van der Waals surface area contributed by atoms with Gasteiger partial charge in [-0.1, -0.05) is 18.2 Å². The molecule has 5 heteroatoms. The second-order valence-electron chi connectivity index (χ2n) is 5.98. The molecule has 4 rings (SSSR count). The molecule has 0 fully saturated rings. The highest BCUT2D eigenvalue weighted by Crippen LogP contribution is 2.20. The zero-order valence-electron chi connectivity index (χ0n) is 13.0. The van der Waals surface area contributed by atoms with Crippen LogP contribution in [0.2, 0.25) is 0 Å². The van der Waals surface area contributed by atoms with Gasteiger partial charge in [-0.3, -0.25) is 9.78 Å². The van der Waals surface area contributed by atoms with Gasteiger partial charge in [-0.2, -0.15) is 0 Å². The van der Waals surface area contributed by atoms with Crippen molar-refractivity contribution in [1.29, 1.82) is 0 Å². The predicted molar refractivity (Wildman–Crippen MR) is 87.9 cm³/mol. The molecule has 0 aliphatic carbocycles. The molecule has 0 radical (unpaired) electrons. The summed E-state index contributed by atoms with van der Waals surface area (Å²) < 4.78 is 0. The van der Waals surface area contributed by atoms with Crippen molar-refractivity contribution >= 4 is 16.8 Å². The van der Waals surface area contributed by atoms with Gasteiger partial charge in [0.2, 0.25) is 5.91 Å². The van der Waals surface area contributed by atoms with Crippen LogP contribution >= 0.6 is 0 Å². The Morgan fingerprint density at radius 1 is 1.30 bits per heavy atom. The molecule has 3 heterocycles. The molecule has 3 aromatic rings. The molecule has 1 N–H and O–H groups in total. The van der Waals surface area contributed by atoms with Crippen LogP contribution in [-0.4, -0.2) is 32.3 Å². The van der Waals surface area contributed by atoms with Crippen LogP contribution in [0.15, 0.2) is 36.5 Å². The first kappa shape index (κ1) is 13.9. The van der Waals surface area contributed by atoms with Gasteiger partial charge in [0.25, 0.3) is 0 Å². The number of carbonyl (C=O) groups is 1. The zero-order valence-corrected chi connectivity index (χ0v) is 13.0. The monoisotopic (exact) mass is 306 g/mol. The lowest BCUT2D eigenvalue weighted by atomic mass is 10.0. The number of rotatable bonds is 2. The Hall–Kier alpha value is -2.69. The van der Waals surface area contributed by atoms with Crippen molar-refractivity contribution in [2.24, 2.45) is 0 Å². The van der Waals surface area contributed by atoms with E-state index in [1.807, 2.05) is 42.2 Å². The Bertz CT molecular complexity index is 878. The number of benzene rings is 1. The van der Waals surface area contributed by atoms with Gasteiger partial charge in [0.1, 0.15) is 5.82 Å². The molecule has 0 unspecified atom stereocenters. The summed E-state index contributed by atoms with van der Waals surface area (Å²) in [4.78, 5) is 26.7. The minimum Gasteiger partial charge on any atom is -0.344 e.